The third-order valence-electron chi connectivity index (χ3n) is 3.55. The standard InChI is InChI=1S/C15H8ClFN2O4/c16-10-4-2-5-11(17)9(10)7-18-14(20)8-3-1-6-12(19(22)23)13(8)15(18)21/h1-6H,7H2. The van der Waals surface area contributed by atoms with Crippen LogP contribution in [0.4, 0.5) is 10.1 Å². The smallest absolute Gasteiger partial charge is 0.269 e. The molecule has 116 valence electrons. The van der Waals surface area contributed by atoms with Crippen molar-refractivity contribution in [2.45, 2.75) is 6.54 Å². The number of halogens is 2. The first-order valence-electron chi connectivity index (χ1n) is 6.48. The van der Waals surface area contributed by atoms with Crippen LogP contribution in [-0.4, -0.2) is 21.6 Å². The number of hydrogen-bond donors (Lipinski definition) is 0. The zero-order valence-electron chi connectivity index (χ0n) is 11.5. The molecular formula is C15H8ClFN2O4. The van der Waals surface area contributed by atoms with E-state index in [9.17, 15) is 24.1 Å². The van der Waals surface area contributed by atoms with E-state index in [-0.39, 0.29) is 21.7 Å². The zero-order valence-corrected chi connectivity index (χ0v) is 12.2. The first-order chi connectivity index (χ1) is 10.9. The Morgan fingerprint density at radius 3 is 2.48 bits per heavy atom. The Bertz CT molecular complexity index is 848. The van der Waals surface area contributed by atoms with Crippen LogP contribution in [0.5, 0.6) is 0 Å². The maximum atomic E-state index is 13.9. The molecule has 0 N–H and O–H groups in total. The summed E-state index contributed by atoms with van der Waals surface area (Å²) in [6.07, 6.45) is 0. The maximum Gasteiger partial charge on any atom is 0.282 e. The topological polar surface area (TPSA) is 80.5 Å². The second kappa shape index (κ2) is 5.44. The number of amides is 2. The van der Waals surface area contributed by atoms with E-state index in [2.05, 4.69) is 0 Å². The third-order valence-corrected chi connectivity index (χ3v) is 3.91. The molecular weight excluding hydrogens is 327 g/mol. The summed E-state index contributed by atoms with van der Waals surface area (Å²) in [5.41, 5.74) is -0.832. The summed E-state index contributed by atoms with van der Waals surface area (Å²) in [7, 11) is 0. The second-order valence-electron chi connectivity index (χ2n) is 4.85. The molecule has 0 aromatic heterocycles. The minimum absolute atomic E-state index is 0.0219. The Labute approximate surface area is 134 Å². The number of carbonyl (C=O) groups is 2. The van der Waals surface area contributed by atoms with Crippen LogP contribution in [0.25, 0.3) is 0 Å². The lowest BCUT2D eigenvalue weighted by molar-refractivity contribution is -0.385. The molecule has 0 aliphatic carbocycles. The van der Waals surface area contributed by atoms with Crippen LogP contribution in [0.15, 0.2) is 36.4 Å². The van der Waals surface area contributed by atoms with E-state index < -0.39 is 34.8 Å². The Balaban J connectivity index is 2.05. The van der Waals surface area contributed by atoms with E-state index in [1.54, 1.807) is 0 Å². The van der Waals surface area contributed by atoms with Crippen LogP contribution in [0.1, 0.15) is 26.3 Å². The van der Waals surface area contributed by atoms with Gasteiger partial charge in [-0.1, -0.05) is 23.7 Å². The number of nitro benzene ring substituents is 1. The lowest BCUT2D eigenvalue weighted by Crippen LogP contribution is -2.29. The molecule has 1 heterocycles. The summed E-state index contributed by atoms with van der Waals surface area (Å²) in [4.78, 5) is 35.8. The maximum absolute atomic E-state index is 13.9. The first-order valence-corrected chi connectivity index (χ1v) is 6.86. The van der Waals surface area contributed by atoms with Crippen molar-refractivity contribution in [1.82, 2.24) is 4.90 Å². The van der Waals surface area contributed by atoms with E-state index >= 15 is 0 Å². The summed E-state index contributed by atoms with van der Waals surface area (Å²) < 4.78 is 13.9. The average Bonchev–Trinajstić information content (AvgIpc) is 2.75. The van der Waals surface area contributed by atoms with Gasteiger partial charge in [-0.05, 0) is 18.2 Å². The van der Waals surface area contributed by atoms with Gasteiger partial charge in [-0.2, -0.15) is 0 Å². The van der Waals surface area contributed by atoms with E-state index in [1.807, 2.05) is 0 Å². The molecule has 2 aromatic rings. The van der Waals surface area contributed by atoms with Gasteiger partial charge in [0.25, 0.3) is 17.5 Å². The average molecular weight is 335 g/mol. The van der Waals surface area contributed by atoms with Crippen molar-refractivity contribution in [1.29, 1.82) is 0 Å². The van der Waals surface area contributed by atoms with Crippen molar-refractivity contribution in [2.24, 2.45) is 0 Å². The van der Waals surface area contributed by atoms with Gasteiger partial charge in [0.2, 0.25) is 0 Å². The van der Waals surface area contributed by atoms with E-state index in [1.165, 1.54) is 24.3 Å². The fraction of sp³-hybridized carbons (Fsp3) is 0.0667. The number of benzene rings is 2. The fourth-order valence-electron chi connectivity index (χ4n) is 2.45. The highest BCUT2D eigenvalue weighted by Gasteiger charge is 2.41. The molecule has 8 heteroatoms. The van der Waals surface area contributed by atoms with Crippen LogP contribution in [0.2, 0.25) is 5.02 Å². The highest BCUT2D eigenvalue weighted by Crippen LogP contribution is 2.32. The molecule has 0 radical (unpaired) electrons. The number of imide groups is 1. The quantitative estimate of drug-likeness (QED) is 0.490. The molecule has 0 saturated carbocycles. The van der Waals surface area contributed by atoms with Crippen molar-refractivity contribution in [3.8, 4) is 0 Å². The molecule has 6 nitrogen and oxygen atoms in total. The van der Waals surface area contributed by atoms with Gasteiger partial charge in [0, 0.05) is 16.7 Å². The van der Waals surface area contributed by atoms with Crippen molar-refractivity contribution in [3.63, 3.8) is 0 Å². The number of nitrogens with zero attached hydrogens (tertiary/aromatic N) is 2. The largest absolute Gasteiger partial charge is 0.282 e. The van der Waals surface area contributed by atoms with Crippen molar-refractivity contribution >= 4 is 29.1 Å². The van der Waals surface area contributed by atoms with Gasteiger partial charge in [0.1, 0.15) is 11.4 Å². The van der Waals surface area contributed by atoms with Crippen molar-refractivity contribution in [3.05, 3.63) is 74.0 Å². The van der Waals surface area contributed by atoms with Crippen molar-refractivity contribution in [2.75, 3.05) is 0 Å². The second-order valence-corrected chi connectivity index (χ2v) is 5.26. The molecule has 0 bridgehead atoms. The Hall–Kier alpha value is -2.80. The molecule has 0 unspecified atom stereocenters. The highest BCUT2D eigenvalue weighted by molar-refractivity contribution is 6.31. The summed E-state index contributed by atoms with van der Waals surface area (Å²) in [6, 6.07) is 7.77. The predicted molar refractivity (Wildman–Crippen MR) is 78.7 cm³/mol. The normalized spacial score (nSPS) is 13.4. The zero-order chi connectivity index (χ0) is 16.7. The fourth-order valence-corrected chi connectivity index (χ4v) is 2.68. The van der Waals surface area contributed by atoms with Gasteiger partial charge in [-0.15, -0.1) is 0 Å². The summed E-state index contributed by atoms with van der Waals surface area (Å²) >= 11 is 5.90. The Morgan fingerprint density at radius 1 is 1.13 bits per heavy atom. The van der Waals surface area contributed by atoms with E-state index in [4.69, 9.17) is 11.6 Å². The van der Waals surface area contributed by atoms with E-state index in [0.29, 0.717) is 0 Å². The van der Waals surface area contributed by atoms with Gasteiger partial charge < -0.3 is 0 Å². The Morgan fingerprint density at radius 2 is 1.83 bits per heavy atom. The molecule has 1 aliphatic heterocycles. The predicted octanol–water partition coefficient (Wildman–Crippen LogP) is 3.18. The molecule has 0 spiro atoms. The molecule has 1 aliphatic rings. The number of rotatable bonds is 3. The van der Waals surface area contributed by atoms with Gasteiger partial charge >= 0.3 is 0 Å². The van der Waals surface area contributed by atoms with Crippen LogP contribution in [0.3, 0.4) is 0 Å². The minimum atomic E-state index is -0.836. The van der Waals surface area contributed by atoms with Gasteiger partial charge in [-0.3, -0.25) is 24.6 Å². The number of nitro groups is 1. The van der Waals surface area contributed by atoms with Gasteiger partial charge in [0.05, 0.1) is 17.0 Å². The Kier molecular flexibility index (Phi) is 3.57. The lowest BCUT2D eigenvalue weighted by Gasteiger charge is -2.15. The van der Waals surface area contributed by atoms with Crippen LogP contribution < -0.4 is 0 Å². The van der Waals surface area contributed by atoms with Crippen LogP contribution in [-0.2, 0) is 6.54 Å². The molecule has 2 amide bonds. The molecule has 23 heavy (non-hydrogen) atoms. The minimum Gasteiger partial charge on any atom is -0.269 e. The first kappa shape index (κ1) is 15.1. The SMILES string of the molecule is O=C1c2cccc([N+](=O)[O-])c2C(=O)N1Cc1c(F)cccc1Cl. The number of fused-ring (bicyclic) bond motifs is 1. The lowest BCUT2D eigenvalue weighted by atomic mass is 10.1. The summed E-state index contributed by atoms with van der Waals surface area (Å²) in [5, 5.41) is 11.1. The molecule has 0 atom stereocenters. The molecule has 2 aromatic carbocycles. The van der Waals surface area contributed by atoms with Gasteiger partial charge in [0.15, 0.2) is 0 Å². The highest BCUT2D eigenvalue weighted by atomic mass is 35.5. The van der Waals surface area contributed by atoms with Gasteiger partial charge in [-0.25, -0.2) is 4.39 Å². The molecule has 3 rings (SSSR count). The number of hydrogen-bond acceptors (Lipinski definition) is 4. The third kappa shape index (κ3) is 2.35. The summed E-state index contributed by atoms with van der Waals surface area (Å²) in [5.74, 6) is -2.21. The number of carbonyl (C=O) groups excluding carboxylic acids is 2. The summed E-state index contributed by atoms with van der Waals surface area (Å²) in [6.45, 7) is -0.394. The van der Waals surface area contributed by atoms with Crippen LogP contribution >= 0.6 is 11.6 Å². The van der Waals surface area contributed by atoms with Crippen molar-refractivity contribution < 1.29 is 18.9 Å². The molecule has 0 fully saturated rings. The molecule has 0 saturated heterocycles. The van der Waals surface area contributed by atoms with E-state index in [0.717, 1.165) is 17.0 Å². The van der Waals surface area contributed by atoms with Crippen LogP contribution in [0, 0.1) is 15.9 Å². The monoisotopic (exact) mass is 334 g/mol.